The van der Waals surface area contributed by atoms with Gasteiger partial charge in [-0.3, -0.25) is 9.59 Å². The minimum atomic E-state index is -0.228. The zero-order valence-corrected chi connectivity index (χ0v) is 14.7. The molecule has 0 bridgehead atoms. The number of rotatable bonds is 8. The Morgan fingerprint density at radius 2 is 1.76 bits per heavy atom. The molecule has 0 unspecified atom stereocenters. The van der Waals surface area contributed by atoms with E-state index in [2.05, 4.69) is 10.6 Å². The van der Waals surface area contributed by atoms with E-state index >= 15 is 0 Å². The average Bonchev–Trinajstić information content (AvgIpc) is 3.36. The van der Waals surface area contributed by atoms with Crippen LogP contribution in [0.15, 0.2) is 24.3 Å². The molecule has 0 aliphatic heterocycles. The molecule has 1 aromatic rings. The van der Waals surface area contributed by atoms with E-state index in [1.807, 2.05) is 12.1 Å². The van der Waals surface area contributed by atoms with E-state index in [0.717, 1.165) is 44.1 Å². The molecule has 0 aromatic heterocycles. The minimum Gasteiger partial charge on any atom is -0.356 e. The molecule has 2 aliphatic rings. The fourth-order valence-corrected chi connectivity index (χ4v) is 3.73. The minimum absolute atomic E-state index is 0.0223. The van der Waals surface area contributed by atoms with Crippen molar-refractivity contribution in [3.8, 4) is 0 Å². The van der Waals surface area contributed by atoms with Gasteiger partial charge in [-0.05, 0) is 49.8 Å². The summed E-state index contributed by atoms with van der Waals surface area (Å²) in [5.74, 6) is 0.136. The van der Waals surface area contributed by atoms with Crippen LogP contribution in [0.25, 0.3) is 0 Å². The van der Waals surface area contributed by atoms with Gasteiger partial charge in [-0.1, -0.05) is 25.0 Å². The van der Waals surface area contributed by atoms with E-state index in [-0.39, 0.29) is 29.0 Å². The first-order valence-corrected chi connectivity index (χ1v) is 9.40. The number of benzene rings is 1. The fourth-order valence-electron chi connectivity index (χ4n) is 3.73. The predicted octanol–water partition coefficient (Wildman–Crippen LogP) is 3.06. The maximum Gasteiger partial charge on any atom is 0.223 e. The van der Waals surface area contributed by atoms with Crippen LogP contribution in [0, 0.1) is 11.7 Å². The molecular formula is C20H27FN2O2. The van der Waals surface area contributed by atoms with Crippen molar-refractivity contribution in [2.24, 2.45) is 5.92 Å². The molecule has 3 rings (SSSR count). The Hall–Kier alpha value is -1.91. The number of hydrogen-bond donors (Lipinski definition) is 2. The van der Waals surface area contributed by atoms with Crippen LogP contribution in [0.5, 0.6) is 0 Å². The first-order valence-electron chi connectivity index (χ1n) is 9.40. The Morgan fingerprint density at radius 1 is 1.08 bits per heavy atom. The first kappa shape index (κ1) is 17.9. The Bertz CT molecular complexity index is 605. The summed E-state index contributed by atoms with van der Waals surface area (Å²) < 4.78 is 13.2. The molecule has 2 N–H and O–H groups in total. The van der Waals surface area contributed by atoms with Crippen LogP contribution >= 0.6 is 0 Å². The highest BCUT2D eigenvalue weighted by Gasteiger charge is 2.35. The zero-order valence-electron chi connectivity index (χ0n) is 14.7. The van der Waals surface area contributed by atoms with Gasteiger partial charge in [0.05, 0.1) is 0 Å². The van der Waals surface area contributed by atoms with Crippen molar-refractivity contribution < 1.29 is 14.0 Å². The Labute approximate surface area is 148 Å². The molecule has 2 aliphatic carbocycles. The molecule has 4 nitrogen and oxygen atoms in total. The number of nitrogens with one attached hydrogen (secondary N) is 2. The van der Waals surface area contributed by atoms with Gasteiger partial charge in [0, 0.05) is 30.8 Å². The molecule has 2 amide bonds. The van der Waals surface area contributed by atoms with E-state index in [4.69, 9.17) is 0 Å². The molecule has 5 heteroatoms. The van der Waals surface area contributed by atoms with E-state index in [1.54, 1.807) is 0 Å². The largest absolute Gasteiger partial charge is 0.356 e. The topological polar surface area (TPSA) is 58.2 Å². The summed E-state index contributed by atoms with van der Waals surface area (Å²) >= 11 is 0. The molecule has 2 saturated carbocycles. The Kier molecular flexibility index (Phi) is 5.71. The van der Waals surface area contributed by atoms with E-state index in [1.165, 1.54) is 12.1 Å². The Morgan fingerprint density at radius 3 is 2.40 bits per heavy atom. The summed E-state index contributed by atoms with van der Waals surface area (Å²) in [6.45, 7) is 1.16. The molecule has 1 aromatic carbocycles. The third kappa shape index (κ3) is 4.80. The summed E-state index contributed by atoms with van der Waals surface area (Å²) in [6, 6.07) is 6.69. The molecule has 136 valence electrons. The van der Waals surface area contributed by atoms with Gasteiger partial charge in [0.25, 0.3) is 0 Å². The molecule has 0 radical (unpaired) electrons. The lowest BCUT2D eigenvalue weighted by molar-refractivity contribution is -0.123. The van der Waals surface area contributed by atoms with Crippen molar-refractivity contribution in [1.82, 2.24) is 10.6 Å². The van der Waals surface area contributed by atoms with Crippen molar-refractivity contribution in [3.63, 3.8) is 0 Å². The maximum absolute atomic E-state index is 13.2. The molecule has 25 heavy (non-hydrogen) atoms. The van der Waals surface area contributed by atoms with Gasteiger partial charge in [-0.15, -0.1) is 0 Å². The van der Waals surface area contributed by atoms with Gasteiger partial charge in [-0.25, -0.2) is 4.39 Å². The number of amides is 2. The van der Waals surface area contributed by atoms with Crippen molar-refractivity contribution >= 4 is 11.8 Å². The SMILES string of the molecule is O=C(CCCNC(=O)C1CC1)NCC1(c2ccc(F)cc2)CCCC1. The smallest absolute Gasteiger partial charge is 0.223 e. The second-order valence-electron chi connectivity index (χ2n) is 7.44. The van der Waals surface area contributed by atoms with Crippen molar-refractivity contribution in [2.45, 2.75) is 56.8 Å². The zero-order chi connectivity index (χ0) is 17.7. The number of halogens is 1. The van der Waals surface area contributed by atoms with Crippen LogP contribution < -0.4 is 10.6 Å². The third-order valence-electron chi connectivity index (χ3n) is 5.47. The predicted molar refractivity (Wildman–Crippen MR) is 94.5 cm³/mol. The van der Waals surface area contributed by atoms with Crippen LogP contribution in [-0.4, -0.2) is 24.9 Å². The van der Waals surface area contributed by atoms with Gasteiger partial charge in [0.2, 0.25) is 11.8 Å². The van der Waals surface area contributed by atoms with E-state index in [9.17, 15) is 14.0 Å². The molecule has 2 fully saturated rings. The normalized spacial score (nSPS) is 18.8. The Balaban J connectivity index is 1.44. The van der Waals surface area contributed by atoms with Crippen LogP contribution in [0.3, 0.4) is 0 Å². The van der Waals surface area contributed by atoms with Gasteiger partial charge >= 0.3 is 0 Å². The lowest BCUT2D eigenvalue weighted by Gasteiger charge is -2.30. The summed E-state index contributed by atoms with van der Waals surface area (Å²) in [7, 11) is 0. The molecular weight excluding hydrogens is 319 g/mol. The summed E-state index contributed by atoms with van der Waals surface area (Å²) in [4.78, 5) is 23.7. The average molecular weight is 346 g/mol. The van der Waals surface area contributed by atoms with E-state index in [0.29, 0.717) is 25.9 Å². The van der Waals surface area contributed by atoms with Gasteiger partial charge in [0.15, 0.2) is 0 Å². The van der Waals surface area contributed by atoms with Gasteiger partial charge in [0.1, 0.15) is 5.82 Å². The van der Waals surface area contributed by atoms with Crippen molar-refractivity contribution in [2.75, 3.05) is 13.1 Å². The summed E-state index contributed by atoms with van der Waals surface area (Å²) in [6.07, 6.45) is 7.40. The van der Waals surface area contributed by atoms with Crippen LogP contribution in [0.1, 0.15) is 56.9 Å². The fraction of sp³-hybridized carbons (Fsp3) is 0.600. The van der Waals surface area contributed by atoms with E-state index < -0.39 is 0 Å². The summed E-state index contributed by atoms with van der Waals surface area (Å²) in [5, 5.41) is 5.94. The number of carbonyl (C=O) groups excluding carboxylic acids is 2. The highest BCUT2D eigenvalue weighted by molar-refractivity contribution is 5.81. The molecule has 0 atom stereocenters. The molecule has 0 saturated heterocycles. The van der Waals surface area contributed by atoms with Crippen LogP contribution in [-0.2, 0) is 15.0 Å². The lowest BCUT2D eigenvalue weighted by Crippen LogP contribution is -2.39. The van der Waals surface area contributed by atoms with Crippen LogP contribution in [0.4, 0.5) is 4.39 Å². The second kappa shape index (κ2) is 7.98. The van der Waals surface area contributed by atoms with Crippen molar-refractivity contribution in [1.29, 1.82) is 0 Å². The summed E-state index contributed by atoms with van der Waals surface area (Å²) in [5.41, 5.74) is 1.05. The maximum atomic E-state index is 13.2. The molecule has 0 heterocycles. The second-order valence-corrected chi connectivity index (χ2v) is 7.44. The van der Waals surface area contributed by atoms with Crippen LogP contribution in [0.2, 0.25) is 0 Å². The third-order valence-corrected chi connectivity index (χ3v) is 5.47. The van der Waals surface area contributed by atoms with Gasteiger partial charge < -0.3 is 10.6 Å². The highest BCUT2D eigenvalue weighted by atomic mass is 19.1. The monoisotopic (exact) mass is 346 g/mol. The van der Waals surface area contributed by atoms with Gasteiger partial charge in [-0.2, -0.15) is 0 Å². The lowest BCUT2D eigenvalue weighted by atomic mass is 9.79. The highest BCUT2D eigenvalue weighted by Crippen LogP contribution is 2.40. The molecule has 0 spiro atoms. The number of carbonyl (C=O) groups is 2. The first-order chi connectivity index (χ1) is 12.1. The van der Waals surface area contributed by atoms with Crippen molar-refractivity contribution in [3.05, 3.63) is 35.6 Å². The standard InChI is InChI=1S/C20H27FN2O2/c21-17-9-7-16(8-10-17)20(11-1-2-12-20)14-23-18(24)4-3-13-22-19(25)15-5-6-15/h7-10,15H,1-6,11-14H2,(H,22,25)(H,23,24). The quantitative estimate of drug-likeness (QED) is 0.711. The number of hydrogen-bond acceptors (Lipinski definition) is 2.